The standard InChI is InChI=1S/C39H46ClFN6O5/c1-22(2)44-36(49)27-14-15-29(31(40)17-27)25-10-6-23(7-11-25)16-34(37(50)45-28-18-32(41)30-21-43-47-33(30)19-28)46-35(48)26-12-8-24(9-13-26)20-42-38(51)52-39(3,4)5/h6-7,10-11,14-15,17-19,21-22,24,26,34H,8-9,12-13,16,20H2,1-5H3,(H,42,51)(H,43,47)(H,44,49)(H,45,50)(H,46,48)/t24-,26-,34?. The van der Waals surface area contributed by atoms with Crippen molar-refractivity contribution in [1.29, 1.82) is 0 Å². The van der Waals surface area contributed by atoms with Crippen molar-refractivity contribution in [3.05, 3.63) is 82.8 Å². The molecule has 1 saturated carbocycles. The second-order valence-electron chi connectivity index (χ2n) is 14.7. The highest BCUT2D eigenvalue weighted by Gasteiger charge is 2.30. The first kappa shape index (κ1) is 38.3. The fourth-order valence-corrected chi connectivity index (χ4v) is 6.56. The summed E-state index contributed by atoms with van der Waals surface area (Å²) in [5.74, 6) is -1.57. The highest BCUT2D eigenvalue weighted by molar-refractivity contribution is 6.33. The molecule has 0 spiro atoms. The van der Waals surface area contributed by atoms with E-state index in [0.29, 0.717) is 40.9 Å². The maximum Gasteiger partial charge on any atom is 0.407 e. The Labute approximate surface area is 307 Å². The van der Waals surface area contributed by atoms with Crippen molar-refractivity contribution in [1.82, 2.24) is 26.1 Å². The van der Waals surface area contributed by atoms with Crippen LogP contribution in [0.25, 0.3) is 22.0 Å². The molecule has 4 amide bonds. The summed E-state index contributed by atoms with van der Waals surface area (Å²) in [7, 11) is 0. The molecule has 0 bridgehead atoms. The minimum atomic E-state index is -0.965. The van der Waals surface area contributed by atoms with Crippen LogP contribution in [0.4, 0.5) is 14.9 Å². The van der Waals surface area contributed by atoms with Gasteiger partial charge < -0.3 is 26.0 Å². The predicted octanol–water partition coefficient (Wildman–Crippen LogP) is 7.16. The number of hydrogen-bond acceptors (Lipinski definition) is 6. The van der Waals surface area contributed by atoms with Crippen molar-refractivity contribution in [3.63, 3.8) is 0 Å². The lowest BCUT2D eigenvalue weighted by molar-refractivity contribution is -0.130. The Hall–Kier alpha value is -4.97. The molecule has 4 aromatic rings. The first-order valence-electron chi connectivity index (χ1n) is 17.6. The topological polar surface area (TPSA) is 154 Å². The number of aromatic nitrogens is 2. The lowest BCUT2D eigenvalue weighted by Gasteiger charge is -2.29. The number of nitrogens with zero attached hydrogens (tertiary/aromatic N) is 1. The van der Waals surface area contributed by atoms with Gasteiger partial charge in [0.15, 0.2) is 0 Å². The third kappa shape index (κ3) is 10.3. The zero-order valence-corrected chi connectivity index (χ0v) is 30.8. The fourth-order valence-electron chi connectivity index (χ4n) is 6.27. The summed E-state index contributed by atoms with van der Waals surface area (Å²) in [6.07, 6.45) is 3.77. The first-order valence-corrected chi connectivity index (χ1v) is 17.9. The lowest BCUT2D eigenvalue weighted by Crippen LogP contribution is -2.48. The molecule has 0 saturated heterocycles. The summed E-state index contributed by atoms with van der Waals surface area (Å²) in [5, 5.41) is 18.7. The molecule has 1 heterocycles. The molecule has 3 aromatic carbocycles. The van der Waals surface area contributed by atoms with Crippen molar-refractivity contribution >= 4 is 52.0 Å². The zero-order chi connectivity index (χ0) is 37.6. The molecule has 11 nitrogen and oxygen atoms in total. The van der Waals surface area contributed by atoms with Crippen LogP contribution in [0.1, 0.15) is 76.2 Å². The molecule has 1 aliphatic rings. The molecule has 1 aromatic heterocycles. The van der Waals surface area contributed by atoms with Gasteiger partial charge in [0, 0.05) is 46.8 Å². The predicted molar refractivity (Wildman–Crippen MR) is 199 cm³/mol. The van der Waals surface area contributed by atoms with Crippen LogP contribution in [0.2, 0.25) is 5.02 Å². The average molecular weight is 733 g/mol. The molecule has 13 heteroatoms. The molecule has 5 N–H and O–H groups in total. The van der Waals surface area contributed by atoms with E-state index in [0.717, 1.165) is 29.5 Å². The number of anilines is 1. The van der Waals surface area contributed by atoms with Gasteiger partial charge in [0.05, 0.1) is 17.1 Å². The molecule has 1 aliphatic carbocycles. The molecule has 276 valence electrons. The van der Waals surface area contributed by atoms with Gasteiger partial charge in [-0.1, -0.05) is 41.9 Å². The Balaban J connectivity index is 1.27. The summed E-state index contributed by atoms with van der Waals surface area (Å²) >= 11 is 6.58. The van der Waals surface area contributed by atoms with Crippen LogP contribution in [0.15, 0.2) is 60.8 Å². The third-order valence-electron chi connectivity index (χ3n) is 8.92. The van der Waals surface area contributed by atoms with E-state index >= 15 is 0 Å². The van der Waals surface area contributed by atoms with E-state index in [1.54, 1.807) is 24.3 Å². The Bertz CT molecular complexity index is 1910. The SMILES string of the molecule is CC(C)NC(=O)c1ccc(-c2ccc(CC(NC(=O)[C@H]3CC[C@H](CNC(=O)OC(C)(C)C)CC3)C(=O)Nc3cc(F)c4cn[nH]c4c3)cc2)c(Cl)c1. The van der Waals surface area contributed by atoms with E-state index in [-0.39, 0.29) is 41.8 Å². The lowest BCUT2D eigenvalue weighted by atomic mass is 9.81. The Kier molecular flexibility index (Phi) is 12.2. The number of halogens is 2. The first-order chi connectivity index (χ1) is 24.6. The van der Waals surface area contributed by atoms with Gasteiger partial charge in [-0.15, -0.1) is 0 Å². The van der Waals surface area contributed by atoms with Crippen LogP contribution in [0, 0.1) is 17.7 Å². The van der Waals surface area contributed by atoms with Crippen molar-refractivity contribution in [2.45, 2.75) is 84.4 Å². The van der Waals surface area contributed by atoms with Gasteiger partial charge in [-0.25, -0.2) is 9.18 Å². The van der Waals surface area contributed by atoms with Crippen LogP contribution in [0.3, 0.4) is 0 Å². The maximum absolute atomic E-state index is 14.7. The highest BCUT2D eigenvalue weighted by Crippen LogP contribution is 2.31. The zero-order valence-electron chi connectivity index (χ0n) is 30.1. The number of rotatable bonds is 11. The van der Waals surface area contributed by atoms with E-state index in [1.165, 1.54) is 12.3 Å². The average Bonchev–Trinajstić information content (AvgIpc) is 3.56. The molecule has 1 atom stereocenters. The molecule has 0 aliphatic heterocycles. The number of carbonyl (C=O) groups is 4. The Morgan fingerprint density at radius 2 is 1.69 bits per heavy atom. The van der Waals surface area contributed by atoms with Gasteiger partial charge in [-0.05, 0) is 102 Å². The van der Waals surface area contributed by atoms with E-state index in [2.05, 4.69) is 31.5 Å². The van der Waals surface area contributed by atoms with Crippen molar-refractivity contribution in [2.75, 3.05) is 11.9 Å². The smallest absolute Gasteiger partial charge is 0.407 e. The van der Waals surface area contributed by atoms with E-state index < -0.39 is 29.5 Å². The van der Waals surface area contributed by atoms with Gasteiger partial charge >= 0.3 is 6.09 Å². The van der Waals surface area contributed by atoms with Crippen molar-refractivity contribution < 1.29 is 28.3 Å². The van der Waals surface area contributed by atoms with Crippen molar-refractivity contribution in [2.24, 2.45) is 11.8 Å². The van der Waals surface area contributed by atoms with E-state index in [1.807, 2.05) is 58.9 Å². The van der Waals surface area contributed by atoms with E-state index in [4.69, 9.17) is 16.3 Å². The molecule has 52 heavy (non-hydrogen) atoms. The van der Waals surface area contributed by atoms with Crippen LogP contribution in [0.5, 0.6) is 0 Å². The van der Waals surface area contributed by atoms with E-state index in [9.17, 15) is 23.6 Å². The van der Waals surface area contributed by atoms with Crippen LogP contribution >= 0.6 is 11.6 Å². The van der Waals surface area contributed by atoms with Crippen molar-refractivity contribution in [3.8, 4) is 11.1 Å². The van der Waals surface area contributed by atoms with Crippen LogP contribution in [-0.4, -0.2) is 58.2 Å². The highest BCUT2D eigenvalue weighted by atomic mass is 35.5. The minimum Gasteiger partial charge on any atom is -0.444 e. The molecule has 1 unspecified atom stereocenters. The summed E-state index contributed by atoms with van der Waals surface area (Å²) < 4.78 is 20.0. The summed E-state index contributed by atoms with van der Waals surface area (Å²) in [4.78, 5) is 51.9. The van der Waals surface area contributed by atoms with Crippen LogP contribution < -0.4 is 21.3 Å². The van der Waals surface area contributed by atoms with Gasteiger partial charge in [0.25, 0.3) is 5.91 Å². The molecular weight excluding hydrogens is 687 g/mol. The monoisotopic (exact) mass is 732 g/mol. The Morgan fingerprint density at radius 3 is 2.35 bits per heavy atom. The molecule has 1 fully saturated rings. The number of hydrogen-bond donors (Lipinski definition) is 5. The summed E-state index contributed by atoms with van der Waals surface area (Å²) in [6.45, 7) is 9.66. The molecule has 5 rings (SSSR count). The second kappa shape index (κ2) is 16.6. The van der Waals surface area contributed by atoms with Crippen LogP contribution in [-0.2, 0) is 20.7 Å². The minimum absolute atomic E-state index is 0.00909. The fraction of sp³-hybridized carbons (Fsp3) is 0.410. The normalized spacial score (nSPS) is 16.6. The molecule has 0 radical (unpaired) electrons. The third-order valence-corrected chi connectivity index (χ3v) is 9.23. The van der Waals surface area contributed by atoms with Gasteiger partial charge in [0.2, 0.25) is 11.8 Å². The number of H-pyrrole nitrogens is 1. The van der Waals surface area contributed by atoms with Gasteiger partial charge in [0.1, 0.15) is 17.5 Å². The largest absolute Gasteiger partial charge is 0.444 e. The number of aromatic amines is 1. The number of amides is 4. The molecular formula is C39H46ClFN6O5. The number of benzene rings is 3. The van der Waals surface area contributed by atoms with Gasteiger partial charge in [-0.3, -0.25) is 19.5 Å². The number of alkyl carbamates (subject to hydrolysis) is 1. The van der Waals surface area contributed by atoms with Gasteiger partial charge in [-0.2, -0.15) is 5.10 Å². The maximum atomic E-state index is 14.7. The number of carbonyl (C=O) groups excluding carboxylic acids is 4. The summed E-state index contributed by atoms with van der Waals surface area (Å²) in [6, 6.07) is 14.4. The second-order valence-corrected chi connectivity index (χ2v) is 15.1. The number of ether oxygens (including phenoxy) is 1. The quantitative estimate of drug-likeness (QED) is 0.110. The number of nitrogens with one attached hydrogen (secondary N) is 5. The number of fused-ring (bicyclic) bond motifs is 1. The summed E-state index contributed by atoms with van der Waals surface area (Å²) in [5.41, 5.74) is 2.87. The Morgan fingerprint density at radius 1 is 0.981 bits per heavy atom.